The molecule has 0 bridgehead atoms. The maximum absolute atomic E-state index is 12.3. The van der Waals surface area contributed by atoms with Crippen molar-refractivity contribution in [3.05, 3.63) is 64.2 Å². The molecule has 0 unspecified atom stereocenters. The summed E-state index contributed by atoms with van der Waals surface area (Å²) in [5, 5.41) is 3.90. The molecule has 1 aliphatic heterocycles. The number of piperidine rings is 1. The number of rotatable bonds is 3. The summed E-state index contributed by atoms with van der Waals surface area (Å²) in [4.78, 5) is 22.8. The van der Waals surface area contributed by atoms with Crippen molar-refractivity contribution in [3.8, 4) is 17.0 Å². The number of hydrogen-bond acceptors (Lipinski definition) is 5. The quantitative estimate of drug-likeness (QED) is 0.604. The standard InChI is InChI=1S/C20H18ClN3O2S/c21-16-4-1-3-15(11-16)18-13-27-19(23-18)14-6-9-24(10-7-14)20(25)26-17-5-2-8-22-12-17/h1-5,8,11-14H,6-7,9-10H2. The summed E-state index contributed by atoms with van der Waals surface area (Å²) in [7, 11) is 0. The average Bonchev–Trinajstić information content (AvgIpc) is 3.19. The number of amides is 1. The van der Waals surface area contributed by atoms with Crippen LogP contribution in [0.2, 0.25) is 5.02 Å². The molecule has 1 fully saturated rings. The average molecular weight is 400 g/mol. The maximum atomic E-state index is 12.3. The van der Waals surface area contributed by atoms with Crippen LogP contribution in [0.4, 0.5) is 4.79 Å². The number of nitrogens with zero attached hydrogens (tertiary/aromatic N) is 3. The lowest BCUT2D eigenvalue weighted by Gasteiger charge is -2.30. The van der Waals surface area contributed by atoms with Gasteiger partial charge < -0.3 is 9.64 Å². The van der Waals surface area contributed by atoms with E-state index in [4.69, 9.17) is 21.3 Å². The van der Waals surface area contributed by atoms with Crippen molar-refractivity contribution in [2.75, 3.05) is 13.1 Å². The van der Waals surface area contributed by atoms with Crippen LogP contribution >= 0.6 is 22.9 Å². The summed E-state index contributed by atoms with van der Waals surface area (Å²) in [6, 6.07) is 11.2. The SMILES string of the molecule is O=C(Oc1cccnc1)N1CCC(c2nc(-c3cccc(Cl)c3)cs2)CC1. The van der Waals surface area contributed by atoms with Gasteiger partial charge in [0.15, 0.2) is 5.75 Å². The maximum Gasteiger partial charge on any atom is 0.415 e. The first-order valence-electron chi connectivity index (χ1n) is 8.77. The zero-order chi connectivity index (χ0) is 18.6. The molecule has 2 aromatic heterocycles. The second kappa shape index (κ2) is 8.06. The van der Waals surface area contributed by atoms with Crippen LogP contribution in [0, 0.1) is 0 Å². The molecule has 1 amide bonds. The summed E-state index contributed by atoms with van der Waals surface area (Å²) >= 11 is 7.75. The summed E-state index contributed by atoms with van der Waals surface area (Å²) in [6.07, 6.45) is 4.63. The molecule has 0 atom stereocenters. The van der Waals surface area contributed by atoms with Gasteiger partial charge in [-0.3, -0.25) is 4.98 Å². The topological polar surface area (TPSA) is 55.3 Å². The molecule has 1 aliphatic rings. The highest BCUT2D eigenvalue weighted by Gasteiger charge is 2.27. The van der Waals surface area contributed by atoms with E-state index in [0.29, 0.717) is 29.8 Å². The summed E-state index contributed by atoms with van der Waals surface area (Å²) in [6.45, 7) is 1.33. The van der Waals surface area contributed by atoms with Crippen LogP contribution in [-0.4, -0.2) is 34.1 Å². The van der Waals surface area contributed by atoms with Crippen LogP contribution in [0.3, 0.4) is 0 Å². The van der Waals surface area contributed by atoms with Crippen molar-refractivity contribution in [2.24, 2.45) is 0 Å². The Morgan fingerprint density at radius 2 is 2.07 bits per heavy atom. The molecule has 7 heteroatoms. The molecule has 27 heavy (non-hydrogen) atoms. The van der Waals surface area contributed by atoms with Crippen molar-refractivity contribution in [2.45, 2.75) is 18.8 Å². The molecule has 3 heterocycles. The van der Waals surface area contributed by atoms with Crippen molar-refractivity contribution >= 4 is 29.0 Å². The van der Waals surface area contributed by atoms with E-state index in [1.54, 1.807) is 34.6 Å². The predicted molar refractivity (Wildman–Crippen MR) is 106 cm³/mol. The van der Waals surface area contributed by atoms with Crippen LogP contribution < -0.4 is 4.74 Å². The number of ether oxygens (including phenoxy) is 1. The molecule has 0 N–H and O–H groups in total. The Morgan fingerprint density at radius 3 is 2.81 bits per heavy atom. The van der Waals surface area contributed by atoms with Gasteiger partial charge in [0.05, 0.1) is 16.9 Å². The molecule has 0 saturated carbocycles. The Balaban J connectivity index is 1.36. The van der Waals surface area contributed by atoms with Gasteiger partial charge in [-0.25, -0.2) is 9.78 Å². The molecular weight excluding hydrogens is 382 g/mol. The fourth-order valence-corrected chi connectivity index (χ4v) is 4.33. The Bertz CT molecular complexity index is 924. The molecule has 0 radical (unpaired) electrons. The van der Waals surface area contributed by atoms with Crippen LogP contribution in [0.5, 0.6) is 5.75 Å². The second-order valence-electron chi connectivity index (χ2n) is 6.40. The van der Waals surface area contributed by atoms with Crippen LogP contribution in [0.25, 0.3) is 11.3 Å². The number of benzene rings is 1. The van der Waals surface area contributed by atoms with Gasteiger partial charge in [0.1, 0.15) is 0 Å². The van der Waals surface area contributed by atoms with Crippen molar-refractivity contribution < 1.29 is 9.53 Å². The molecule has 1 aromatic carbocycles. The van der Waals surface area contributed by atoms with Gasteiger partial charge in [-0.15, -0.1) is 11.3 Å². The van der Waals surface area contributed by atoms with Gasteiger partial charge in [-0.2, -0.15) is 0 Å². The van der Waals surface area contributed by atoms with E-state index < -0.39 is 0 Å². The van der Waals surface area contributed by atoms with E-state index in [9.17, 15) is 4.79 Å². The monoisotopic (exact) mass is 399 g/mol. The van der Waals surface area contributed by atoms with Gasteiger partial charge in [-0.1, -0.05) is 23.7 Å². The first-order valence-corrected chi connectivity index (χ1v) is 10.0. The third-order valence-corrected chi connectivity index (χ3v) is 5.83. The van der Waals surface area contributed by atoms with Gasteiger partial charge in [0, 0.05) is 41.2 Å². The molecule has 138 valence electrons. The minimum atomic E-state index is -0.319. The molecule has 1 saturated heterocycles. The number of pyridine rings is 1. The smallest absolute Gasteiger partial charge is 0.409 e. The number of carbonyl (C=O) groups excluding carboxylic acids is 1. The molecule has 0 spiro atoms. The second-order valence-corrected chi connectivity index (χ2v) is 7.73. The number of aromatic nitrogens is 2. The van der Waals surface area contributed by atoms with Crippen LogP contribution in [-0.2, 0) is 0 Å². The highest BCUT2D eigenvalue weighted by molar-refractivity contribution is 7.10. The number of halogens is 1. The van der Waals surface area contributed by atoms with Crippen LogP contribution in [0.15, 0.2) is 54.2 Å². The summed E-state index contributed by atoms with van der Waals surface area (Å²) in [5.74, 6) is 0.834. The molecule has 3 aromatic rings. The summed E-state index contributed by atoms with van der Waals surface area (Å²) in [5.41, 5.74) is 1.98. The normalized spacial score (nSPS) is 14.9. The van der Waals surface area contributed by atoms with Crippen molar-refractivity contribution in [3.63, 3.8) is 0 Å². The molecule has 4 rings (SSSR count). The van der Waals surface area contributed by atoms with E-state index in [1.165, 1.54) is 6.20 Å². The highest BCUT2D eigenvalue weighted by Crippen LogP contribution is 2.33. The third kappa shape index (κ3) is 4.28. The van der Waals surface area contributed by atoms with E-state index in [0.717, 1.165) is 29.1 Å². The van der Waals surface area contributed by atoms with Gasteiger partial charge >= 0.3 is 6.09 Å². The third-order valence-electron chi connectivity index (χ3n) is 4.58. The Morgan fingerprint density at radius 1 is 1.22 bits per heavy atom. The van der Waals surface area contributed by atoms with Gasteiger partial charge in [0.2, 0.25) is 0 Å². The van der Waals surface area contributed by atoms with Crippen molar-refractivity contribution in [1.29, 1.82) is 0 Å². The lowest BCUT2D eigenvalue weighted by molar-refractivity contribution is 0.138. The van der Waals surface area contributed by atoms with E-state index in [2.05, 4.69) is 10.4 Å². The number of hydrogen-bond donors (Lipinski definition) is 0. The number of likely N-dealkylation sites (tertiary alicyclic amines) is 1. The lowest BCUT2D eigenvalue weighted by atomic mass is 9.98. The highest BCUT2D eigenvalue weighted by atomic mass is 35.5. The Labute approximate surface area is 166 Å². The fraction of sp³-hybridized carbons (Fsp3) is 0.250. The Kier molecular flexibility index (Phi) is 5.36. The molecule has 5 nitrogen and oxygen atoms in total. The minimum absolute atomic E-state index is 0.319. The predicted octanol–water partition coefficient (Wildman–Crippen LogP) is 5.24. The first kappa shape index (κ1) is 17.9. The fourth-order valence-electron chi connectivity index (χ4n) is 3.14. The zero-order valence-electron chi connectivity index (χ0n) is 14.5. The Hall–Kier alpha value is -2.44. The number of carbonyl (C=O) groups is 1. The first-order chi connectivity index (χ1) is 13.2. The molecular formula is C20H18ClN3O2S. The number of thiazole rings is 1. The van der Waals surface area contributed by atoms with E-state index >= 15 is 0 Å². The lowest BCUT2D eigenvalue weighted by Crippen LogP contribution is -2.39. The van der Waals surface area contributed by atoms with Gasteiger partial charge in [-0.05, 0) is 37.1 Å². The summed E-state index contributed by atoms with van der Waals surface area (Å²) < 4.78 is 5.37. The van der Waals surface area contributed by atoms with E-state index in [-0.39, 0.29) is 6.09 Å². The minimum Gasteiger partial charge on any atom is -0.409 e. The van der Waals surface area contributed by atoms with Crippen molar-refractivity contribution in [1.82, 2.24) is 14.9 Å². The van der Waals surface area contributed by atoms with Crippen LogP contribution in [0.1, 0.15) is 23.8 Å². The largest absolute Gasteiger partial charge is 0.415 e. The van der Waals surface area contributed by atoms with Gasteiger partial charge in [0.25, 0.3) is 0 Å². The zero-order valence-corrected chi connectivity index (χ0v) is 16.1. The van der Waals surface area contributed by atoms with E-state index in [1.807, 2.05) is 24.3 Å². The molecule has 0 aliphatic carbocycles.